The zero-order valence-corrected chi connectivity index (χ0v) is 13.0. The van der Waals surface area contributed by atoms with Crippen molar-refractivity contribution in [1.82, 2.24) is 10.6 Å². The van der Waals surface area contributed by atoms with E-state index >= 15 is 0 Å². The molecule has 3 rings (SSSR count). The first kappa shape index (κ1) is 14.1. The van der Waals surface area contributed by atoms with Crippen molar-refractivity contribution in [3.8, 4) is 0 Å². The van der Waals surface area contributed by atoms with E-state index in [0.29, 0.717) is 6.04 Å². The van der Waals surface area contributed by atoms with E-state index in [-0.39, 0.29) is 6.04 Å². The molecule has 1 saturated carbocycles. The van der Waals surface area contributed by atoms with Crippen LogP contribution in [0.1, 0.15) is 35.6 Å². The summed E-state index contributed by atoms with van der Waals surface area (Å²) >= 11 is 5.45. The molecular weight excluding hydrogens is 276 g/mol. The van der Waals surface area contributed by atoms with Gasteiger partial charge in [-0.05, 0) is 43.1 Å². The minimum Gasteiger partial charge on any atom is -0.360 e. The Kier molecular flexibility index (Phi) is 4.20. The van der Waals surface area contributed by atoms with E-state index < -0.39 is 0 Å². The van der Waals surface area contributed by atoms with Crippen LogP contribution in [0.5, 0.6) is 0 Å². The molecule has 2 aromatic carbocycles. The topological polar surface area (TPSA) is 24.1 Å². The number of hydrogen-bond donors (Lipinski definition) is 2. The molecule has 0 radical (unpaired) electrons. The maximum Gasteiger partial charge on any atom is 0.167 e. The molecule has 3 heteroatoms. The summed E-state index contributed by atoms with van der Waals surface area (Å²) in [4.78, 5) is 0. The van der Waals surface area contributed by atoms with Crippen molar-refractivity contribution >= 4 is 17.3 Å². The van der Waals surface area contributed by atoms with E-state index in [9.17, 15) is 0 Å². The van der Waals surface area contributed by atoms with Crippen LogP contribution in [0.15, 0.2) is 54.6 Å². The Bertz CT molecular complexity index is 603. The molecule has 1 aliphatic carbocycles. The SMILES string of the molecule is Cc1ccc([C@@H](NC(=S)NC2CC2)c2ccccc2)cc1. The van der Waals surface area contributed by atoms with Gasteiger partial charge in [-0.3, -0.25) is 0 Å². The first-order valence-electron chi connectivity index (χ1n) is 7.41. The zero-order valence-electron chi connectivity index (χ0n) is 12.2. The molecule has 0 unspecified atom stereocenters. The van der Waals surface area contributed by atoms with E-state index in [1.807, 2.05) is 6.07 Å². The van der Waals surface area contributed by atoms with Crippen LogP contribution < -0.4 is 10.6 Å². The first-order chi connectivity index (χ1) is 10.2. The highest BCUT2D eigenvalue weighted by Gasteiger charge is 2.23. The molecule has 0 bridgehead atoms. The quantitative estimate of drug-likeness (QED) is 0.841. The smallest absolute Gasteiger partial charge is 0.167 e. The van der Waals surface area contributed by atoms with Gasteiger partial charge >= 0.3 is 0 Å². The van der Waals surface area contributed by atoms with Crippen molar-refractivity contribution in [3.63, 3.8) is 0 Å². The van der Waals surface area contributed by atoms with Crippen molar-refractivity contribution in [3.05, 3.63) is 71.3 Å². The molecule has 2 N–H and O–H groups in total. The van der Waals surface area contributed by atoms with Gasteiger partial charge in [0.2, 0.25) is 0 Å². The summed E-state index contributed by atoms with van der Waals surface area (Å²) in [5, 5.41) is 7.56. The molecule has 0 aliphatic heterocycles. The summed E-state index contributed by atoms with van der Waals surface area (Å²) in [6, 6.07) is 19.7. The maximum atomic E-state index is 5.45. The number of nitrogens with one attached hydrogen (secondary N) is 2. The predicted molar refractivity (Wildman–Crippen MR) is 91.4 cm³/mol. The lowest BCUT2D eigenvalue weighted by molar-refractivity contribution is 0.734. The third-order valence-corrected chi connectivity index (χ3v) is 3.97. The minimum absolute atomic E-state index is 0.0885. The van der Waals surface area contributed by atoms with Gasteiger partial charge in [-0.1, -0.05) is 60.2 Å². The third-order valence-electron chi connectivity index (χ3n) is 3.73. The van der Waals surface area contributed by atoms with E-state index in [0.717, 1.165) is 5.11 Å². The van der Waals surface area contributed by atoms with Crippen LogP contribution in [0, 0.1) is 6.92 Å². The van der Waals surface area contributed by atoms with E-state index in [2.05, 4.69) is 66.1 Å². The normalized spacial score (nSPS) is 15.3. The Morgan fingerprint density at radius 2 is 1.62 bits per heavy atom. The second-order valence-corrected chi connectivity index (χ2v) is 6.05. The molecule has 21 heavy (non-hydrogen) atoms. The summed E-state index contributed by atoms with van der Waals surface area (Å²) in [5.74, 6) is 0. The van der Waals surface area contributed by atoms with Gasteiger partial charge in [0.1, 0.15) is 0 Å². The highest BCUT2D eigenvalue weighted by molar-refractivity contribution is 7.80. The van der Waals surface area contributed by atoms with Gasteiger partial charge in [0.25, 0.3) is 0 Å². The van der Waals surface area contributed by atoms with Crippen molar-refractivity contribution < 1.29 is 0 Å². The molecule has 1 aliphatic rings. The van der Waals surface area contributed by atoms with Crippen LogP contribution in [0.4, 0.5) is 0 Å². The first-order valence-corrected chi connectivity index (χ1v) is 7.82. The molecule has 1 fully saturated rings. The Balaban J connectivity index is 1.83. The Labute approximate surface area is 131 Å². The number of hydrogen-bond acceptors (Lipinski definition) is 1. The van der Waals surface area contributed by atoms with Crippen molar-refractivity contribution in [2.45, 2.75) is 31.8 Å². The van der Waals surface area contributed by atoms with Crippen LogP contribution in [0.2, 0.25) is 0 Å². The minimum atomic E-state index is 0.0885. The summed E-state index contributed by atoms with van der Waals surface area (Å²) < 4.78 is 0. The fraction of sp³-hybridized carbons (Fsp3) is 0.278. The lowest BCUT2D eigenvalue weighted by atomic mass is 9.98. The van der Waals surface area contributed by atoms with Crippen molar-refractivity contribution in [2.24, 2.45) is 0 Å². The number of benzene rings is 2. The fourth-order valence-electron chi connectivity index (χ4n) is 2.35. The number of rotatable bonds is 4. The molecule has 108 valence electrons. The van der Waals surface area contributed by atoms with Gasteiger partial charge < -0.3 is 10.6 Å². The van der Waals surface area contributed by atoms with Crippen LogP contribution in [-0.4, -0.2) is 11.2 Å². The van der Waals surface area contributed by atoms with Gasteiger partial charge in [0.15, 0.2) is 5.11 Å². The molecule has 0 spiro atoms. The van der Waals surface area contributed by atoms with Crippen molar-refractivity contribution in [1.29, 1.82) is 0 Å². The van der Waals surface area contributed by atoms with Gasteiger partial charge in [0, 0.05) is 6.04 Å². The van der Waals surface area contributed by atoms with Crippen molar-refractivity contribution in [2.75, 3.05) is 0 Å². The molecule has 2 nitrogen and oxygen atoms in total. The molecule has 0 saturated heterocycles. The summed E-state index contributed by atoms with van der Waals surface area (Å²) in [7, 11) is 0. The Morgan fingerprint density at radius 1 is 1.00 bits per heavy atom. The van der Waals surface area contributed by atoms with Gasteiger partial charge in [-0.2, -0.15) is 0 Å². The van der Waals surface area contributed by atoms with Gasteiger partial charge in [-0.25, -0.2) is 0 Å². The average Bonchev–Trinajstić information content (AvgIpc) is 3.31. The fourth-order valence-corrected chi connectivity index (χ4v) is 2.63. The lowest BCUT2D eigenvalue weighted by Crippen LogP contribution is -2.39. The van der Waals surface area contributed by atoms with E-state index in [1.54, 1.807) is 0 Å². The summed E-state index contributed by atoms with van der Waals surface area (Å²) in [6.45, 7) is 2.11. The Morgan fingerprint density at radius 3 is 2.24 bits per heavy atom. The van der Waals surface area contributed by atoms with Gasteiger partial charge in [-0.15, -0.1) is 0 Å². The second kappa shape index (κ2) is 6.27. The molecule has 2 aromatic rings. The molecular formula is C18H20N2S. The largest absolute Gasteiger partial charge is 0.360 e. The number of thiocarbonyl (C=S) groups is 1. The summed E-state index contributed by atoms with van der Waals surface area (Å²) in [6.07, 6.45) is 2.45. The standard InChI is InChI=1S/C18H20N2S/c1-13-7-9-15(10-8-13)17(14-5-3-2-4-6-14)20-18(21)19-16-11-12-16/h2-10,16-17H,11-12H2,1H3,(H2,19,20,21)/t17-/m0/s1. The lowest BCUT2D eigenvalue weighted by Gasteiger charge is -2.22. The monoisotopic (exact) mass is 296 g/mol. The number of aryl methyl sites for hydroxylation is 1. The average molecular weight is 296 g/mol. The predicted octanol–water partition coefficient (Wildman–Crippen LogP) is 3.71. The van der Waals surface area contributed by atoms with E-state index in [4.69, 9.17) is 12.2 Å². The third kappa shape index (κ3) is 3.82. The highest BCUT2D eigenvalue weighted by atomic mass is 32.1. The summed E-state index contributed by atoms with van der Waals surface area (Å²) in [5.41, 5.74) is 3.72. The van der Waals surface area contributed by atoms with Crippen LogP contribution in [0.25, 0.3) is 0 Å². The van der Waals surface area contributed by atoms with Crippen LogP contribution >= 0.6 is 12.2 Å². The molecule has 0 amide bonds. The maximum absolute atomic E-state index is 5.45. The van der Waals surface area contributed by atoms with Crippen LogP contribution in [0.3, 0.4) is 0 Å². The Hall–Kier alpha value is -1.87. The van der Waals surface area contributed by atoms with Crippen LogP contribution in [-0.2, 0) is 0 Å². The molecule has 0 heterocycles. The second-order valence-electron chi connectivity index (χ2n) is 5.65. The highest BCUT2D eigenvalue weighted by Crippen LogP contribution is 2.23. The molecule has 1 atom stereocenters. The van der Waals surface area contributed by atoms with Gasteiger partial charge in [0.05, 0.1) is 6.04 Å². The molecule has 0 aromatic heterocycles. The van der Waals surface area contributed by atoms with E-state index in [1.165, 1.54) is 29.5 Å². The zero-order chi connectivity index (χ0) is 14.7.